The first-order chi connectivity index (χ1) is 8.34. The summed E-state index contributed by atoms with van der Waals surface area (Å²) in [6.45, 7) is 14.3. The predicted molar refractivity (Wildman–Crippen MR) is 72.9 cm³/mol. The molecule has 0 radical (unpaired) electrons. The fourth-order valence-corrected chi connectivity index (χ4v) is 6.67. The van der Waals surface area contributed by atoms with Gasteiger partial charge in [-0.15, -0.1) is 0 Å². The normalized spacial score (nSPS) is 59.7. The van der Waals surface area contributed by atoms with Gasteiger partial charge in [-0.2, -0.15) is 0 Å². The molecular formula is C17H26O. The fourth-order valence-electron chi connectivity index (χ4n) is 6.67. The van der Waals surface area contributed by atoms with Crippen molar-refractivity contribution >= 4 is 0 Å². The summed E-state index contributed by atoms with van der Waals surface area (Å²) in [5.74, 6) is 3.51. The summed E-state index contributed by atoms with van der Waals surface area (Å²) >= 11 is 0. The van der Waals surface area contributed by atoms with Gasteiger partial charge in [-0.3, -0.25) is 0 Å². The second-order valence-electron chi connectivity index (χ2n) is 8.30. The lowest BCUT2D eigenvalue weighted by molar-refractivity contribution is -0.207. The molecule has 1 spiro atoms. The SMILES string of the molecule is C=C1OC2CC34CC1C2(C)C(C)(C)C3CCC4C. The molecule has 0 aromatic heterocycles. The van der Waals surface area contributed by atoms with Gasteiger partial charge in [0, 0.05) is 11.3 Å². The zero-order valence-electron chi connectivity index (χ0n) is 12.3. The summed E-state index contributed by atoms with van der Waals surface area (Å²) in [7, 11) is 0. The largest absolute Gasteiger partial charge is 0.494 e. The number of hydrogen-bond acceptors (Lipinski definition) is 1. The highest BCUT2D eigenvalue weighted by Crippen LogP contribution is 2.79. The van der Waals surface area contributed by atoms with Crippen molar-refractivity contribution in [2.45, 2.75) is 59.5 Å². The van der Waals surface area contributed by atoms with E-state index in [9.17, 15) is 0 Å². The quantitative estimate of drug-likeness (QED) is 0.616. The molecule has 4 bridgehead atoms. The van der Waals surface area contributed by atoms with Crippen LogP contribution >= 0.6 is 0 Å². The topological polar surface area (TPSA) is 9.23 Å². The summed E-state index contributed by atoms with van der Waals surface area (Å²) in [6, 6.07) is 0. The van der Waals surface area contributed by atoms with Gasteiger partial charge in [0.1, 0.15) is 6.10 Å². The van der Waals surface area contributed by atoms with Gasteiger partial charge in [0.25, 0.3) is 0 Å². The van der Waals surface area contributed by atoms with Crippen molar-refractivity contribution < 1.29 is 4.74 Å². The molecule has 4 aliphatic carbocycles. The molecule has 1 aliphatic heterocycles. The molecule has 5 aliphatic rings. The highest BCUT2D eigenvalue weighted by molar-refractivity contribution is 5.28. The number of rotatable bonds is 0. The molecule has 1 heteroatoms. The standard InChI is InChI=1S/C17H26O/c1-10-6-7-13-15(3,4)16(5)12-8-17(10,13)9-14(16)18-11(12)2/h10,12-14H,2,6-9H2,1,3-5H3. The molecule has 6 unspecified atom stereocenters. The van der Waals surface area contributed by atoms with Crippen molar-refractivity contribution in [3.05, 3.63) is 12.3 Å². The van der Waals surface area contributed by atoms with Gasteiger partial charge in [0.2, 0.25) is 0 Å². The van der Waals surface area contributed by atoms with E-state index in [1.165, 1.54) is 25.7 Å². The van der Waals surface area contributed by atoms with Crippen molar-refractivity contribution in [1.82, 2.24) is 0 Å². The number of ether oxygens (including phenoxy) is 1. The van der Waals surface area contributed by atoms with Crippen LogP contribution in [0.3, 0.4) is 0 Å². The van der Waals surface area contributed by atoms with E-state index in [1.807, 2.05) is 0 Å². The summed E-state index contributed by atoms with van der Waals surface area (Å²) in [6.07, 6.45) is 5.96. The second kappa shape index (κ2) is 2.83. The highest BCUT2D eigenvalue weighted by Gasteiger charge is 2.75. The molecule has 4 saturated carbocycles. The van der Waals surface area contributed by atoms with E-state index in [-0.39, 0.29) is 0 Å². The molecule has 0 amide bonds. The van der Waals surface area contributed by atoms with Crippen LogP contribution in [0.15, 0.2) is 12.3 Å². The summed E-state index contributed by atoms with van der Waals surface area (Å²) < 4.78 is 6.21. The van der Waals surface area contributed by atoms with E-state index in [2.05, 4.69) is 34.3 Å². The molecule has 1 nitrogen and oxygen atoms in total. The zero-order chi connectivity index (χ0) is 12.9. The lowest BCUT2D eigenvalue weighted by atomic mass is 9.36. The molecule has 0 aromatic rings. The molecular weight excluding hydrogens is 220 g/mol. The third kappa shape index (κ3) is 0.867. The van der Waals surface area contributed by atoms with Crippen LogP contribution < -0.4 is 0 Å². The number of hydrogen-bond donors (Lipinski definition) is 0. The second-order valence-corrected chi connectivity index (χ2v) is 8.30. The maximum atomic E-state index is 6.21. The van der Waals surface area contributed by atoms with Crippen LogP contribution in [0, 0.1) is 34.0 Å². The third-order valence-corrected chi connectivity index (χ3v) is 8.05. The predicted octanol–water partition coefficient (Wildman–Crippen LogP) is 4.39. The minimum Gasteiger partial charge on any atom is -0.494 e. The summed E-state index contributed by atoms with van der Waals surface area (Å²) in [5.41, 5.74) is 1.31. The van der Waals surface area contributed by atoms with E-state index in [4.69, 9.17) is 4.74 Å². The first-order valence-electron chi connectivity index (χ1n) is 7.69. The maximum Gasteiger partial charge on any atom is 0.105 e. The Morgan fingerprint density at radius 1 is 1.17 bits per heavy atom. The van der Waals surface area contributed by atoms with Crippen LogP contribution in [-0.4, -0.2) is 6.10 Å². The Hall–Kier alpha value is -0.460. The van der Waals surface area contributed by atoms with Gasteiger partial charge in [-0.25, -0.2) is 0 Å². The van der Waals surface area contributed by atoms with E-state index >= 15 is 0 Å². The summed E-state index contributed by atoms with van der Waals surface area (Å²) in [5, 5.41) is 0. The molecule has 1 heterocycles. The molecule has 5 rings (SSSR count). The average Bonchev–Trinajstić information content (AvgIpc) is 2.65. The smallest absolute Gasteiger partial charge is 0.105 e. The minimum absolute atomic E-state index is 0.334. The van der Waals surface area contributed by atoms with E-state index in [1.54, 1.807) is 0 Å². The lowest BCUT2D eigenvalue weighted by Gasteiger charge is -2.67. The fraction of sp³-hybridized carbons (Fsp3) is 0.882. The third-order valence-electron chi connectivity index (χ3n) is 8.05. The Morgan fingerprint density at radius 3 is 2.56 bits per heavy atom. The van der Waals surface area contributed by atoms with Crippen LogP contribution in [0.5, 0.6) is 0 Å². The van der Waals surface area contributed by atoms with Crippen LogP contribution in [0.4, 0.5) is 0 Å². The first-order valence-corrected chi connectivity index (χ1v) is 7.69. The van der Waals surface area contributed by atoms with Gasteiger partial charge in [0.15, 0.2) is 0 Å². The monoisotopic (exact) mass is 246 g/mol. The van der Waals surface area contributed by atoms with Crippen molar-refractivity contribution in [1.29, 1.82) is 0 Å². The Kier molecular flexibility index (Phi) is 1.79. The zero-order valence-corrected chi connectivity index (χ0v) is 12.3. The van der Waals surface area contributed by atoms with Gasteiger partial charge in [-0.05, 0) is 48.3 Å². The van der Waals surface area contributed by atoms with E-state index in [0.717, 1.165) is 17.6 Å². The van der Waals surface area contributed by atoms with Gasteiger partial charge in [0.05, 0.1) is 5.76 Å². The van der Waals surface area contributed by atoms with E-state index < -0.39 is 0 Å². The molecule has 1 saturated heterocycles. The first kappa shape index (κ1) is 11.4. The highest BCUT2D eigenvalue weighted by atomic mass is 16.5. The Morgan fingerprint density at radius 2 is 1.89 bits per heavy atom. The van der Waals surface area contributed by atoms with Crippen molar-refractivity contribution in [3.63, 3.8) is 0 Å². The maximum absolute atomic E-state index is 6.21. The van der Waals surface area contributed by atoms with Crippen LogP contribution in [0.2, 0.25) is 0 Å². The minimum atomic E-state index is 0.334. The van der Waals surface area contributed by atoms with E-state index in [0.29, 0.717) is 28.3 Å². The Bertz CT molecular complexity index is 437. The van der Waals surface area contributed by atoms with Crippen LogP contribution in [0.25, 0.3) is 0 Å². The molecule has 5 fully saturated rings. The molecule has 0 aromatic carbocycles. The van der Waals surface area contributed by atoms with Gasteiger partial charge < -0.3 is 4.74 Å². The van der Waals surface area contributed by atoms with Crippen molar-refractivity contribution in [3.8, 4) is 0 Å². The molecule has 0 N–H and O–H groups in total. The molecule has 6 atom stereocenters. The number of allylic oxidation sites excluding steroid dienone is 1. The Balaban J connectivity index is 1.94. The van der Waals surface area contributed by atoms with Crippen LogP contribution in [0.1, 0.15) is 53.4 Å². The van der Waals surface area contributed by atoms with Gasteiger partial charge >= 0.3 is 0 Å². The summed E-state index contributed by atoms with van der Waals surface area (Å²) in [4.78, 5) is 0. The molecule has 100 valence electrons. The Labute approximate surface area is 111 Å². The van der Waals surface area contributed by atoms with Crippen LogP contribution in [-0.2, 0) is 4.74 Å². The molecule has 18 heavy (non-hydrogen) atoms. The van der Waals surface area contributed by atoms with Gasteiger partial charge in [-0.1, -0.05) is 34.3 Å². The average molecular weight is 246 g/mol. The van der Waals surface area contributed by atoms with Crippen molar-refractivity contribution in [2.24, 2.45) is 34.0 Å². The lowest BCUT2D eigenvalue weighted by Crippen LogP contribution is -2.65. The van der Waals surface area contributed by atoms with Crippen molar-refractivity contribution in [2.75, 3.05) is 0 Å².